The van der Waals surface area contributed by atoms with Crippen LogP contribution in [0.2, 0.25) is 5.02 Å². The molecule has 0 radical (unpaired) electrons. The Morgan fingerprint density at radius 2 is 1.70 bits per heavy atom. The highest BCUT2D eigenvalue weighted by Crippen LogP contribution is 2.28. The Hall–Kier alpha value is -1.55. The van der Waals surface area contributed by atoms with Crippen LogP contribution < -0.4 is 5.32 Å². The van der Waals surface area contributed by atoms with Gasteiger partial charge in [-0.3, -0.25) is 9.59 Å². The molecule has 4 nitrogen and oxygen atoms in total. The molecule has 1 N–H and O–H groups in total. The topological polar surface area (TPSA) is 49.4 Å². The Kier molecular flexibility index (Phi) is 7.72. The molecule has 1 aliphatic heterocycles. The van der Waals surface area contributed by atoms with Gasteiger partial charge in [0.2, 0.25) is 11.8 Å². The number of nitrogens with zero attached hydrogens (tertiary/aromatic N) is 1. The molecule has 0 saturated carbocycles. The van der Waals surface area contributed by atoms with Gasteiger partial charge in [0, 0.05) is 37.5 Å². The Balaban J connectivity index is 1.76. The average molecular weight is 393 g/mol. The highest BCUT2D eigenvalue weighted by atomic mass is 35.5. The van der Waals surface area contributed by atoms with Crippen molar-refractivity contribution >= 4 is 23.4 Å². The molecule has 5 heteroatoms. The molecule has 27 heavy (non-hydrogen) atoms. The van der Waals surface area contributed by atoms with Crippen molar-refractivity contribution in [2.24, 2.45) is 17.3 Å². The Bertz CT molecular complexity index is 632. The van der Waals surface area contributed by atoms with Gasteiger partial charge in [0.05, 0.1) is 0 Å². The van der Waals surface area contributed by atoms with Crippen molar-refractivity contribution < 1.29 is 9.59 Å². The van der Waals surface area contributed by atoms with Crippen LogP contribution in [0.3, 0.4) is 0 Å². The summed E-state index contributed by atoms with van der Waals surface area (Å²) in [4.78, 5) is 27.0. The predicted molar refractivity (Wildman–Crippen MR) is 111 cm³/mol. The third kappa shape index (κ3) is 7.53. The fourth-order valence-electron chi connectivity index (χ4n) is 3.94. The van der Waals surface area contributed by atoms with E-state index in [-0.39, 0.29) is 17.2 Å². The summed E-state index contributed by atoms with van der Waals surface area (Å²) in [5.74, 6) is 1.28. The molecule has 0 bridgehead atoms. The lowest BCUT2D eigenvalue weighted by Crippen LogP contribution is -2.44. The van der Waals surface area contributed by atoms with E-state index in [1.807, 2.05) is 43.0 Å². The van der Waals surface area contributed by atoms with Crippen LogP contribution in [0, 0.1) is 17.3 Å². The van der Waals surface area contributed by atoms with Gasteiger partial charge >= 0.3 is 0 Å². The molecule has 1 aromatic carbocycles. The van der Waals surface area contributed by atoms with E-state index in [0.717, 1.165) is 25.1 Å². The summed E-state index contributed by atoms with van der Waals surface area (Å²) in [5, 5.41) is 3.69. The summed E-state index contributed by atoms with van der Waals surface area (Å²) in [6.45, 7) is 10.7. The van der Waals surface area contributed by atoms with Crippen molar-refractivity contribution in [2.75, 3.05) is 19.6 Å². The van der Waals surface area contributed by atoms with Crippen LogP contribution in [0.1, 0.15) is 52.5 Å². The van der Waals surface area contributed by atoms with Gasteiger partial charge in [-0.2, -0.15) is 0 Å². The quantitative estimate of drug-likeness (QED) is 0.751. The molecule has 2 atom stereocenters. The van der Waals surface area contributed by atoms with E-state index in [2.05, 4.69) is 19.2 Å². The first-order valence-electron chi connectivity index (χ1n) is 9.93. The number of hydrogen-bond donors (Lipinski definition) is 1. The highest BCUT2D eigenvalue weighted by molar-refractivity contribution is 6.30. The lowest BCUT2D eigenvalue weighted by Gasteiger charge is -2.37. The summed E-state index contributed by atoms with van der Waals surface area (Å²) in [5.41, 5.74) is 0.799. The van der Waals surface area contributed by atoms with Crippen LogP contribution in [-0.2, 0) is 16.0 Å². The van der Waals surface area contributed by atoms with E-state index in [9.17, 15) is 9.59 Å². The second-order valence-electron chi connectivity index (χ2n) is 8.99. The predicted octanol–water partition coefficient (Wildman–Crippen LogP) is 4.31. The molecule has 2 amide bonds. The van der Waals surface area contributed by atoms with Crippen LogP contribution in [0.5, 0.6) is 0 Å². The molecule has 1 aliphatic rings. The van der Waals surface area contributed by atoms with E-state index in [1.165, 1.54) is 6.42 Å². The van der Waals surface area contributed by atoms with Gasteiger partial charge in [0.25, 0.3) is 0 Å². The normalized spacial score (nSPS) is 20.4. The van der Waals surface area contributed by atoms with Gasteiger partial charge in [0.15, 0.2) is 0 Å². The van der Waals surface area contributed by atoms with Crippen molar-refractivity contribution in [3.05, 3.63) is 34.9 Å². The molecule has 1 aromatic rings. The zero-order valence-corrected chi connectivity index (χ0v) is 17.8. The number of likely N-dealkylation sites (tertiary alicyclic amines) is 1. The third-order valence-electron chi connectivity index (χ3n) is 5.14. The van der Waals surface area contributed by atoms with E-state index >= 15 is 0 Å². The number of halogens is 1. The first kappa shape index (κ1) is 21.7. The van der Waals surface area contributed by atoms with E-state index in [0.29, 0.717) is 36.2 Å². The zero-order valence-electron chi connectivity index (χ0n) is 17.1. The molecule has 2 unspecified atom stereocenters. The van der Waals surface area contributed by atoms with Crippen molar-refractivity contribution in [3.8, 4) is 0 Å². The molecule has 0 aliphatic carbocycles. The number of carbonyl (C=O) groups is 2. The molecular formula is C22H33ClN2O2. The van der Waals surface area contributed by atoms with Gasteiger partial charge in [-0.05, 0) is 47.8 Å². The third-order valence-corrected chi connectivity index (χ3v) is 5.39. The number of piperidine rings is 1. The van der Waals surface area contributed by atoms with Gasteiger partial charge < -0.3 is 10.2 Å². The summed E-state index contributed by atoms with van der Waals surface area (Å²) < 4.78 is 0. The second kappa shape index (κ2) is 9.59. The first-order valence-corrected chi connectivity index (χ1v) is 10.3. The molecule has 1 heterocycles. The minimum absolute atomic E-state index is 0.00199. The molecule has 1 saturated heterocycles. The maximum atomic E-state index is 12.7. The van der Waals surface area contributed by atoms with Gasteiger partial charge in [0.1, 0.15) is 0 Å². The van der Waals surface area contributed by atoms with Gasteiger partial charge in [-0.15, -0.1) is 0 Å². The van der Waals surface area contributed by atoms with Crippen molar-refractivity contribution in [3.63, 3.8) is 0 Å². The summed E-state index contributed by atoms with van der Waals surface area (Å²) in [6, 6.07) is 7.65. The standard InChI is InChI=1S/C22H33ClN2O2/c1-16-11-17(2)15-25(14-16)21(27)13-22(3,4)12-20(26)24-10-9-18-5-7-19(23)8-6-18/h5-8,16-17H,9-15H2,1-4H3,(H,24,26). The smallest absolute Gasteiger partial charge is 0.223 e. The van der Waals surface area contributed by atoms with Crippen molar-refractivity contribution in [2.45, 2.75) is 53.4 Å². The van der Waals surface area contributed by atoms with Crippen LogP contribution in [0.4, 0.5) is 0 Å². The number of nitrogens with one attached hydrogen (secondary N) is 1. The summed E-state index contributed by atoms with van der Waals surface area (Å²) in [7, 11) is 0. The van der Waals surface area contributed by atoms with Crippen LogP contribution in [0.25, 0.3) is 0 Å². The zero-order chi connectivity index (χ0) is 20.0. The monoisotopic (exact) mass is 392 g/mol. The first-order chi connectivity index (χ1) is 12.6. The molecule has 150 valence electrons. The fraction of sp³-hybridized carbons (Fsp3) is 0.636. The minimum Gasteiger partial charge on any atom is -0.356 e. The molecular weight excluding hydrogens is 360 g/mol. The largest absolute Gasteiger partial charge is 0.356 e. The van der Waals surface area contributed by atoms with Crippen LogP contribution >= 0.6 is 11.6 Å². The number of rotatable bonds is 7. The van der Waals surface area contributed by atoms with Crippen molar-refractivity contribution in [1.29, 1.82) is 0 Å². The van der Waals surface area contributed by atoms with Crippen LogP contribution in [0.15, 0.2) is 24.3 Å². The van der Waals surface area contributed by atoms with Crippen molar-refractivity contribution in [1.82, 2.24) is 10.2 Å². The molecule has 1 fully saturated rings. The van der Waals surface area contributed by atoms with E-state index in [4.69, 9.17) is 11.6 Å². The maximum Gasteiger partial charge on any atom is 0.223 e. The lowest BCUT2D eigenvalue weighted by molar-refractivity contribution is -0.136. The average Bonchev–Trinajstić information content (AvgIpc) is 2.54. The Morgan fingerprint density at radius 3 is 2.30 bits per heavy atom. The van der Waals surface area contributed by atoms with E-state index < -0.39 is 0 Å². The number of hydrogen-bond acceptors (Lipinski definition) is 2. The summed E-state index contributed by atoms with van der Waals surface area (Å²) >= 11 is 5.88. The minimum atomic E-state index is -0.342. The number of benzene rings is 1. The fourth-order valence-corrected chi connectivity index (χ4v) is 4.07. The molecule has 2 rings (SSSR count). The second-order valence-corrected chi connectivity index (χ2v) is 9.43. The SMILES string of the molecule is CC1CC(C)CN(C(=O)CC(C)(C)CC(=O)NCCc2ccc(Cl)cc2)C1. The Morgan fingerprint density at radius 1 is 1.11 bits per heavy atom. The summed E-state index contributed by atoms with van der Waals surface area (Å²) in [6.07, 6.45) is 2.73. The van der Waals surface area contributed by atoms with Gasteiger partial charge in [-0.25, -0.2) is 0 Å². The highest BCUT2D eigenvalue weighted by Gasteiger charge is 2.31. The number of carbonyl (C=O) groups excluding carboxylic acids is 2. The molecule has 0 spiro atoms. The van der Waals surface area contributed by atoms with E-state index in [1.54, 1.807) is 0 Å². The van der Waals surface area contributed by atoms with Crippen LogP contribution in [-0.4, -0.2) is 36.3 Å². The van der Waals surface area contributed by atoms with Gasteiger partial charge in [-0.1, -0.05) is 51.4 Å². The lowest BCUT2D eigenvalue weighted by atomic mass is 9.83. The maximum absolute atomic E-state index is 12.7. The Labute approximate surface area is 168 Å². The number of amides is 2. The molecule has 0 aromatic heterocycles.